The Hall–Kier alpha value is -1.86. The second kappa shape index (κ2) is 12.6. The van der Waals surface area contributed by atoms with Gasteiger partial charge in [0.2, 0.25) is 0 Å². The van der Waals surface area contributed by atoms with Crippen molar-refractivity contribution < 1.29 is 14.2 Å². The molecule has 1 aromatic rings. The number of aryl methyl sites for hydroxylation is 1. The van der Waals surface area contributed by atoms with E-state index >= 15 is 0 Å². The van der Waals surface area contributed by atoms with Crippen LogP contribution in [0.5, 0.6) is 5.75 Å². The van der Waals surface area contributed by atoms with Crippen LogP contribution in [0, 0.1) is 19.8 Å². The van der Waals surface area contributed by atoms with Crippen molar-refractivity contribution in [1.29, 1.82) is 0 Å². The molecule has 0 aliphatic carbocycles. The molecule has 158 valence electrons. The number of aromatic nitrogens is 1. The van der Waals surface area contributed by atoms with Crippen molar-refractivity contribution >= 4 is 5.96 Å². The molecule has 0 aromatic carbocycles. The van der Waals surface area contributed by atoms with Crippen LogP contribution in [0.25, 0.3) is 0 Å². The van der Waals surface area contributed by atoms with Gasteiger partial charge in [0, 0.05) is 56.8 Å². The molecule has 1 saturated heterocycles. The number of rotatable bonds is 10. The average Bonchev–Trinajstić information content (AvgIpc) is 2.71. The SMILES string of the molecule is CCNC(=NCc1ncc(C)c(OC)c1C)NCCCOCC1CCOCC1. The van der Waals surface area contributed by atoms with Gasteiger partial charge >= 0.3 is 0 Å². The molecule has 1 aliphatic rings. The van der Waals surface area contributed by atoms with Crippen LogP contribution in [0.15, 0.2) is 11.2 Å². The average molecular weight is 393 g/mol. The van der Waals surface area contributed by atoms with Crippen LogP contribution < -0.4 is 15.4 Å². The van der Waals surface area contributed by atoms with Crippen LogP contribution in [0.4, 0.5) is 0 Å². The molecule has 28 heavy (non-hydrogen) atoms. The number of hydrogen-bond acceptors (Lipinski definition) is 5. The van der Waals surface area contributed by atoms with Crippen molar-refractivity contribution in [2.24, 2.45) is 10.9 Å². The molecule has 0 saturated carbocycles. The molecule has 1 fully saturated rings. The molecule has 0 bridgehead atoms. The first-order valence-electron chi connectivity index (χ1n) is 10.3. The van der Waals surface area contributed by atoms with Crippen LogP contribution >= 0.6 is 0 Å². The maximum Gasteiger partial charge on any atom is 0.191 e. The Labute approximate surface area is 169 Å². The summed E-state index contributed by atoms with van der Waals surface area (Å²) in [6.07, 6.45) is 5.02. The highest BCUT2D eigenvalue weighted by Crippen LogP contribution is 2.24. The Balaban J connectivity index is 1.74. The summed E-state index contributed by atoms with van der Waals surface area (Å²) in [5.74, 6) is 2.34. The molecule has 2 heterocycles. The van der Waals surface area contributed by atoms with Gasteiger partial charge in [-0.05, 0) is 46.0 Å². The molecule has 0 radical (unpaired) electrons. The second-order valence-corrected chi connectivity index (χ2v) is 7.15. The first kappa shape index (κ1) is 22.4. The molecule has 7 nitrogen and oxygen atoms in total. The number of guanidine groups is 1. The smallest absolute Gasteiger partial charge is 0.191 e. The second-order valence-electron chi connectivity index (χ2n) is 7.15. The zero-order valence-electron chi connectivity index (χ0n) is 17.8. The van der Waals surface area contributed by atoms with E-state index in [1.54, 1.807) is 7.11 Å². The third kappa shape index (κ3) is 7.28. The van der Waals surface area contributed by atoms with E-state index in [0.29, 0.717) is 12.5 Å². The minimum atomic E-state index is 0.512. The summed E-state index contributed by atoms with van der Waals surface area (Å²) < 4.78 is 16.7. The number of nitrogens with zero attached hydrogens (tertiary/aromatic N) is 2. The van der Waals surface area contributed by atoms with E-state index in [9.17, 15) is 0 Å². The van der Waals surface area contributed by atoms with Crippen LogP contribution in [0.3, 0.4) is 0 Å². The number of methoxy groups -OCH3 is 1. The van der Waals surface area contributed by atoms with Crippen LogP contribution in [-0.4, -0.2) is 57.6 Å². The van der Waals surface area contributed by atoms with E-state index in [2.05, 4.69) is 27.5 Å². The number of hydrogen-bond donors (Lipinski definition) is 2. The van der Waals surface area contributed by atoms with E-state index in [4.69, 9.17) is 14.2 Å². The molecule has 2 N–H and O–H groups in total. The van der Waals surface area contributed by atoms with Crippen molar-refractivity contribution in [3.63, 3.8) is 0 Å². The lowest BCUT2D eigenvalue weighted by Crippen LogP contribution is -2.38. The quantitative estimate of drug-likeness (QED) is 0.362. The lowest BCUT2D eigenvalue weighted by Gasteiger charge is -2.21. The van der Waals surface area contributed by atoms with Gasteiger partial charge in [-0.2, -0.15) is 0 Å². The van der Waals surface area contributed by atoms with E-state index in [-0.39, 0.29) is 0 Å². The number of pyridine rings is 1. The van der Waals surface area contributed by atoms with Crippen LogP contribution in [0.1, 0.15) is 43.0 Å². The van der Waals surface area contributed by atoms with Crippen LogP contribution in [0.2, 0.25) is 0 Å². The van der Waals surface area contributed by atoms with Gasteiger partial charge in [0.05, 0.1) is 19.3 Å². The normalized spacial score (nSPS) is 15.5. The topological polar surface area (TPSA) is 77.0 Å². The highest BCUT2D eigenvalue weighted by atomic mass is 16.5. The van der Waals surface area contributed by atoms with Crippen molar-refractivity contribution in [2.75, 3.05) is 46.6 Å². The zero-order chi connectivity index (χ0) is 20.2. The van der Waals surface area contributed by atoms with Gasteiger partial charge in [-0.15, -0.1) is 0 Å². The van der Waals surface area contributed by atoms with Crippen molar-refractivity contribution in [3.05, 3.63) is 23.0 Å². The molecule has 7 heteroatoms. The Morgan fingerprint density at radius 3 is 2.79 bits per heavy atom. The minimum absolute atomic E-state index is 0.512. The van der Waals surface area contributed by atoms with E-state index in [1.165, 1.54) is 0 Å². The summed E-state index contributed by atoms with van der Waals surface area (Å²) in [7, 11) is 1.69. The Kier molecular flexibility index (Phi) is 10.1. The molecular formula is C21H36N4O3. The molecule has 1 aliphatic heterocycles. The van der Waals surface area contributed by atoms with Gasteiger partial charge in [0.25, 0.3) is 0 Å². The summed E-state index contributed by atoms with van der Waals surface area (Å²) >= 11 is 0. The predicted molar refractivity (Wildman–Crippen MR) is 112 cm³/mol. The predicted octanol–water partition coefficient (Wildman–Crippen LogP) is 2.60. The molecular weight excluding hydrogens is 356 g/mol. The van der Waals surface area contributed by atoms with Crippen molar-refractivity contribution in [1.82, 2.24) is 15.6 Å². The standard InChI is InChI=1S/C21H36N4O3/c1-5-22-21(23-9-6-10-28-15-18-7-11-27-12-8-18)25-14-19-17(3)20(26-4)16(2)13-24-19/h13,18H,5-12,14-15H2,1-4H3,(H2,22,23,25). The first-order chi connectivity index (χ1) is 13.7. The summed E-state index contributed by atoms with van der Waals surface area (Å²) in [6.45, 7) is 11.6. The van der Waals surface area contributed by atoms with Gasteiger partial charge in [0.1, 0.15) is 5.75 Å². The van der Waals surface area contributed by atoms with E-state index in [1.807, 2.05) is 20.0 Å². The summed E-state index contributed by atoms with van der Waals surface area (Å²) in [6, 6.07) is 0. The fourth-order valence-corrected chi connectivity index (χ4v) is 3.27. The maximum absolute atomic E-state index is 5.82. The van der Waals surface area contributed by atoms with Gasteiger partial charge < -0.3 is 24.8 Å². The Morgan fingerprint density at radius 1 is 1.29 bits per heavy atom. The molecule has 0 amide bonds. The van der Waals surface area contributed by atoms with Crippen molar-refractivity contribution in [3.8, 4) is 5.75 Å². The number of aliphatic imine (C=N–C) groups is 1. The highest BCUT2D eigenvalue weighted by Gasteiger charge is 2.13. The lowest BCUT2D eigenvalue weighted by molar-refractivity contribution is 0.0203. The Bertz CT molecular complexity index is 616. The molecule has 0 spiro atoms. The first-order valence-corrected chi connectivity index (χ1v) is 10.3. The molecule has 0 atom stereocenters. The third-order valence-electron chi connectivity index (χ3n) is 4.93. The van der Waals surface area contributed by atoms with E-state index in [0.717, 1.165) is 87.3 Å². The fourth-order valence-electron chi connectivity index (χ4n) is 3.27. The van der Waals surface area contributed by atoms with Gasteiger partial charge in [0.15, 0.2) is 5.96 Å². The molecule has 0 unspecified atom stereocenters. The monoisotopic (exact) mass is 392 g/mol. The van der Waals surface area contributed by atoms with Gasteiger partial charge in [-0.3, -0.25) is 4.98 Å². The van der Waals surface area contributed by atoms with E-state index < -0.39 is 0 Å². The lowest BCUT2D eigenvalue weighted by atomic mass is 10.0. The van der Waals surface area contributed by atoms with Gasteiger partial charge in [-0.1, -0.05) is 0 Å². The van der Waals surface area contributed by atoms with Gasteiger partial charge in [-0.25, -0.2) is 4.99 Å². The maximum atomic E-state index is 5.82. The zero-order valence-corrected chi connectivity index (χ0v) is 17.8. The number of ether oxygens (including phenoxy) is 3. The fraction of sp³-hybridized carbons (Fsp3) is 0.714. The summed E-state index contributed by atoms with van der Waals surface area (Å²) in [5, 5.41) is 6.65. The molecule has 1 aromatic heterocycles. The summed E-state index contributed by atoms with van der Waals surface area (Å²) in [4.78, 5) is 9.17. The summed E-state index contributed by atoms with van der Waals surface area (Å²) in [5.41, 5.74) is 3.02. The largest absolute Gasteiger partial charge is 0.496 e. The third-order valence-corrected chi connectivity index (χ3v) is 4.93. The Morgan fingerprint density at radius 2 is 2.07 bits per heavy atom. The van der Waals surface area contributed by atoms with Crippen molar-refractivity contribution in [2.45, 2.75) is 46.6 Å². The van der Waals surface area contributed by atoms with Crippen LogP contribution in [-0.2, 0) is 16.0 Å². The highest BCUT2D eigenvalue weighted by molar-refractivity contribution is 5.79. The number of nitrogens with one attached hydrogen (secondary N) is 2. The molecule has 2 rings (SSSR count). The minimum Gasteiger partial charge on any atom is -0.496 e.